The van der Waals surface area contributed by atoms with Crippen LogP contribution in [0.2, 0.25) is 5.02 Å². The van der Waals surface area contributed by atoms with Crippen molar-refractivity contribution < 1.29 is 14.3 Å². The highest BCUT2D eigenvalue weighted by atomic mass is 35.5. The number of ether oxygens (including phenoxy) is 1. The van der Waals surface area contributed by atoms with E-state index in [1.807, 2.05) is 0 Å². The first-order valence-electron chi connectivity index (χ1n) is 5.95. The van der Waals surface area contributed by atoms with Gasteiger partial charge in [-0.15, -0.1) is 0 Å². The Kier molecular flexibility index (Phi) is 5.94. The number of nitrogens with zero attached hydrogens (tertiary/aromatic N) is 1. The van der Waals surface area contributed by atoms with Gasteiger partial charge < -0.3 is 20.7 Å². The van der Waals surface area contributed by atoms with Crippen LogP contribution >= 0.6 is 11.6 Å². The molecule has 0 spiro atoms. The first-order valence-corrected chi connectivity index (χ1v) is 6.33. The maximum atomic E-state index is 11.9. The number of carbonyl (C=O) groups excluding carboxylic acids is 2. The summed E-state index contributed by atoms with van der Waals surface area (Å²) >= 11 is 6.00. The van der Waals surface area contributed by atoms with Crippen LogP contribution in [0.15, 0.2) is 18.2 Å². The number of anilines is 1. The number of benzene rings is 1. The molecule has 1 aromatic carbocycles. The van der Waals surface area contributed by atoms with Gasteiger partial charge in [0, 0.05) is 33.3 Å². The minimum absolute atomic E-state index is 0.0519. The Hall–Kier alpha value is -1.63. The molecule has 0 fully saturated rings. The molecule has 6 nitrogen and oxygen atoms in total. The van der Waals surface area contributed by atoms with E-state index in [-0.39, 0.29) is 12.5 Å². The second kappa shape index (κ2) is 7.23. The van der Waals surface area contributed by atoms with E-state index in [0.29, 0.717) is 16.3 Å². The first kappa shape index (κ1) is 16.4. The van der Waals surface area contributed by atoms with E-state index >= 15 is 0 Å². The molecule has 0 saturated carbocycles. The number of rotatable bonds is 5. The molecule has 1 unspecified atom stereocenters. The highest BCUT2D eigenvalue weighted by Crippen LogP contribution is 2.23. The third-order valence-electron chi connectivity index (χ3n) is 2.67. The van der Waals surface area contributed by atoms with E-state index < -0.39 is 12.0 Å². The summed E-state index contributed by atoms with van der Waals surface area (Å²) in [4.78, 5) is 25.2. The van der Waals surface area contributed by atoms with Crippen molar-refractivity contribution in [3.8, 4) is 0 Å². The van der Waals surface area contributed by atoms with Crippen LogP contribution in [0.4, 0.5) is 5.69 Å². The van der Waals surface area contributed by atoms with Crippen LogP contribution in [0.1, 0.15) is 10.4 Å². The topological polar surface area (TPSA) is 84.7 Å². The van der Waals surface area contributed by atoms with Crippen LogP contribution in [0, 0.1) is 0 Å². The lowest BCUT2D eigenvalue weighted by atomic mass is 10.1. The fraction of sp³-hybridized carbons (Fsp3) is 0.385. The molecule has 110 valence electrons. The summed E-state index contributed by atoms with van der Waals surface area (Å²) in [7, 11) is 4.68. The largest absolute Gasteiger partial charge is 0.370 e. The van der Waals surface area contributed by atoms with Crippen LogP contribution in [-0.2, 0) is 9.53 Å². The van der Waals surface area contributed by atoms with Gasteiger partial charge in [0.2, 0.25) is 0 Å². The van der Waals surface area contributed by atoms with Gasteiger partial charge >= 0.3 is 0 Å². The molecule has 0 aromatic heterocycles. The van der Waals surface area contributed by atoms with E-state index in [2.05, 4.69) is 5.32 Å². The monoisotopic (exact) mass is 299 g/mol. The van der Waals surface area contributed by atoms with Gasteiger partial charge in [0.1, 0.15) is 6.10 Å². The summed E-state index contributed by atoms with van der Waals surface area (Å²) in [6, 6.07) is 4.67. The van der Waals surface area contributed by atoms with Gasteiger partial charge in [0.05, 0.1) is 10.7 Å². The van der Waals surface area contributed by atoms with E-state index in [4.69, 9.17) is 22.1 Å². The van der Waals surface area contributed by atoms with Gasteiger partial charge in [-0.1, -0.05) is 11.6 Å². The lowest BCUT2D eigenvalue weighted by Crippen LogP contribution is -2.36. The van der Waals surface area contributed by atoms with Gasteiger partial charge in [0.25, 0.3) is 11.8 Å². The number of halogens is 1. The summed E-state index contributed by atoms with van der Waals surface area (Å²) in [6.45, 7) is 0.0519. The maximum Gasteiger partial charge on any atom is 0.254 e. The average molecular weight is 300 g/mol. The number of nitrogens with two attached hydrogens (primary N) is 1. The van der Waals surface area contributed by atoms with Crippen molar-refractivity contribution in [2.75, 3.05) is 33.1 Å². The van der Waals surface area contributed by atoms with E-state index in [1.54, 1.807) is 26.2 Å². The van der Waals surface area contributed by atoms with Crippen molar-refractivity contribution >= 4 is 29.1 Å². The molecule has 3 N–H and O–H groups in total. The van der Waals surface area contributed by atoms with Crippen molar-refractivity contribution in [2.24, 2.45) is 5.73 Å². The maximum absolute atomic E-state index is 11.9. The number of carbonyl (C=O) groups is 2. The van der Waals surface area contributed by atoms with Gasteiger partial charge in [-0.05, 0) is 18.2 Å². The number of nitrogens with one attached hydrogen (secondary N) is 1. The number of amides is 2. The number of hydrogen-bond donors (Lipinski definition) is 2. The zero-order valence-electron chi connectivity index (χ0n) is 11.6. The Bertz CT molecular complexity index is 502. The molecule has 1 rings (SSSR count). The molecule has 0 radical (unpaired) electrons. The zero-order chi connectivity index (χ0) is 15.3. The Morgan fingerprint density at radius 1 is 1.45 bits per heavy atom. The third kappa shape index (κ3) is 3.93. The fourth-order valence-corrected chi connectivity index (χ4v) is 1.70. The molecule has 7 heteroatoms. The predicted octanol–water partition coefficient (Wildman–Crippen LogP) is 0.954. The second-order valence-corrected chi connectivity index (χ2v) is 4.75. The van der Waals surface area contributed by atoms with Crippen molar-refractivity contribution in [1.29, 1.82) is 0 Å². The molecular formula is C13H18ClN3O3. The van der Waals surface area contributed by atoms with Crippen molar-refractivity contribution in [3.63, 3.8) is 0 Å². The van der Waals surface area contributed by atoms with Crippen molar-refractivity contribution in [2.45, 2.75) is 6.10 Å². The summed E-state index contributed by atoms with van der Waals surface area (Å²) in [5.41, 5.74) is 6.19. The molecule has 1 atom stereocenters. The summed E-state index contributed by atoms with van der Waals surface area (Å²) in [5.74, 6) is -0.592. The zero-order valence-corrected chi connectivity index (χ0v) is 12.4. The molecule has 0 aliphatic rings. The summed E-state index contributed by atoms with van der Waals surface area (Å²) in [6.07, 6.45) is -0.765. The molecule has 0 heterocycles. The van der Waals surface area contributed by atoms with Crippen molar-refractivity contribution in [3.05, 3.63) is 28.8 Å². The normalized spacial score (nSPS) is 11.8. The van der Waals surface area contributed by atoms with Crippen molar-refractivity contribution in [1.82, 2.24) is 4.90 Å². The molecule has 0 aliphatic carbocycles. The van der Waals surface area contributed by atoms with Crippen LogP contribution in [0.3, 0.4) is 0 Å². The molecule has 20 heavy (non-hydrogen) atoms. The molecule has 2 amide bonds. The van der Waals surface area contributed by atoms with Crippen LogP contribution in [0.25, 0.3) is 0 Å². The molecule has 1 aromatic rings. The average Bonchev–Trinajstić information content (AvgIpc) is 2.41. The molecule has 0 aliphatic heterocycles. The van der Waals surface area contributed by atoms with Gasteiger partial charge in [0.15, 0.2) is 0 Å². The smallest absolute Gasteiger partial charge is 0.254 e. The quantitative estimate of drug-likeness (QED) is 0.848. The Morgan fingerprint density at radius 2 is 2.10 bits per heavy atom. The lowest BCUT2D eigenvalue weighted by Gasteiger charge is -2.15. The van der Waals surface area contributed by atoms with Gasteiger partial charge in [-0.3, -0.25) is 9.59 Å². The first-order chi connectivity index (χ1) is 9.40. The van der Waals surface area contributed by atoms with Gasteiger partial charge in [-0.25, -0.2) is 0 Å². The highest BCUT2D eigenvalue weighted by Gasteiger charge is 2.18. The van der Waals surface area contributed by atoms with Crippen LogP contribution in [-0.4, -0.2) is 50.6 Å². The number of hydrogen-bond acceptors (Lipinski definition) is 4. The lowest BCUT2D eigenvalue weighted by molar-refractivity contribution is -0.125. The summed E-state index contributed by atoms with van der Waals surface area (Å²) < 4.78 is 4.93. The van der Waals surface area contributed by atoms with Gasteiger partial charge in [-0.2, -0.15) is 0 Å². The standard InChI is InChI=1S/C13H18ClN3O3/c1-17(2)13(19)8-4-5-9(14)10(6-8)16-12(18)11(7-15)20-3/h4-6,11H,7,15H2,1-3H3,(H,16,18). The van der Waals surface area contributed by atoms with E-state index in [0.717, 1.165) is 0 Å². The molecule has 0 saturated heterocycles. The Labute approximate surface area is 122 Å². The Morgan fingerprint density at radius 3 is 2.60 bits per heavy atom. The minimum Gasteiger partial charge on any atom is -0.370 e. The molecular weight excluding hydrogens is 282 g/mol. The fourth-order valence-electron chi connectivity index (χ4n) is 1.54. The van der Waals surface area contributed by atoms with E-state index in [1.165, 1.54) is 18.1 Å². The third-order valence-corrected chi connectivity index (χ3v) is 3.00. The van der Waals surface area contributed by atoms with Crippen LogP contribution in [0.5, 0.6) is 0 Å². The highest BCUT2D eigenvalue weighted by molar-refractivity contribution is 6.34. The minimum atomic E-state index is -0.765. The predicted molar refractivity (Wildman–Crippen MR) is 78.0 cm³/mol. The van der Waals surface area contributed by atoms with E-state index in [9.17, 15) is 9.59 Å². The second-order valence-electron chi connectivity index (χ2n) is 4.34. The Balaban J connectivity index is 2.98. The molecule has 0 bridgehead atoms. The van der Waals surface area contributed by atoms with Crippen LogP contribution < -0.4 is 11.1 Å². The summed E-state index contributed by atoms with van der Waals surface area (Å²) in [5, 5.41) is 2.93. The number of methoxy groups -OCH3 is 1. The SMILES string of the molecule is COC(CN)C(=O)Nc1cc(C(=O)N(C)C)ccc1Cl.